The molecule has 0 aliphatic rings. The number of carbonyl (C=O) groups is 1. The summed E-state index contributed by atoms with van der Waals surface area (Å²) in [6.07, 6.45) is 2.74. The monoisotopic (exact) mass is 178 g/mol. The fourth-order valence-corrected chi connectivity index (χ4v) is 1.15. The lowest BCUT2D eigenvalue weighted by Crippen LogP contribution is -1.96. The molecule has 0 aromatic carbocycles. The summed E-state index contributed by atoms with van der Waals surface area (Å²) in [7, 11) is 0. The Morgan fingerprint density at radius 1 is 1.46 bits per heavy atom. The van der Waals surface area contributed by atoms with E-state index in [-0.39, 0.29) is 11.4 Å². The Morgan fingerprint density at radius 3 is 2.92 bits per heavy atom. The number of rotatable bonds is 1. The molecule has 2 N–H and O–H groups in total. The van der Waals surface area contributed by atoms with Crippen molar-refractivity contribution in [1.29, 1.82) is 0 Å². The number of pyridine rings is 1. The number of hydrogen-bond acceptors (Lipinski definition) is 3. The summed E-state index contributed by atoms with van der Waals surface area (Å²) in [6, 6.07) is 2.93. The number of hydrogen-bond donors (Lipinski definition) is 2. The minimum absolute atomic E-state index is 0.0139. The molecular formula is C8H6N2O3. The molecule has 0 radical (unpaired) electrons. The van der Waals surface area contributed by atoms with Crippen LogP contribution in [0.5, 0.6) is 5.75 Å². The second kappa shape index (κ2) is 2.48. The Labute approximate surface area is 72.9 Å². The number of fused-ring (bicyclic) bond motifs is 1. The summed E-state index contributed by atoms with van der Waals surface area (Å²) in [5, 5.41) is 17.8. The average molecular weight is 178 g/mol. The highest BCUT2D eigenvalue weighted by Crippen LogP contribution is 2.14. The van der Waals surface area contributed by atoms with E-state index in [9.17, 15) is 4.79 Å². The fraction of sp³-hybridized carbons (Fsp3) is 0. The highest BCUT2D eigenvalue weighted by Gasteiger charge is 2.10. The van der Waals surface area contributed by atoms with Gasteiger partial charge in [-0.05, 0) is 12.1 Å². The smallest absolute Gasteiger partial charge is 0.356 e. The van der Waals surface area contributed by atoms with Gasteiger partial charge in [-0.3, -0.25) is 0 Å². The highest BCUT2D eigenvalue weighted by molar-refractivity contribution is 5.93. The number of imidazole rings is 1. The SMILES string of the molecule is O=C(O)c1ncn2cc(O)ccc12. The van der Waals surface area contributed by atoms with E-state index >= 15 is 0 Å². The predicted molar refractivity (Wildman–Crippen MR) is 43.8 cm³/mol. The van der Waals surface area contributed by atoms with Gasteiger partial charge in [0, 0.05) is 0 Å². The quantitative estimate of drug-likeness (QED) is 0.675. The first-order chi connectivity index (χ1) is 6.18. The van der Waals surface area contributed by atoms with Crippen molar-refractivity contribution in [2.24, 2.45) is 0 Å². The van der Waals surface area contributed by atoms with E-state index in [2.05, 4.69) is 4.98 Å². The second-order valence-corrected chi connectivity index (χ2v) is 2.58. The normalized spacial score (nSPS) is 10.5. The number of carboxylic acid groups (broad SMARTS) is 1. The molecule has 0 fully saturated rings. The zero-order valence-corrected chi connectivity index (χ0v) is 6.51. The molecule has 0 saturated carbocycles. The largest absolute Gasteiger partial charge is 0.506 e. The summed E-state index contributed by atoms with van der Waals surface area (Å²) >= 11 is 0. The molecule has 2 aromatic rings. The van der Waals surface area contributed by atoms with E-state index in [1.807, 2.05) is 0 Å². The third kappa shape index (κ3) is 1.10. The van der Waals surface area contributed by atoms with Gasteiger partial charge >= 0.3 is 5.97 Å². The zero-order valence-electron chi connectivity index (χ0n) is 6.51. The lowest BCUT2D eigenvalue weighted by atomic mass is 10.3. The molecule has 0 aliphatic heterocycles. The Balaban J connectivity index is 2.76. The van der Waals surface area contributed by atoms with Gasteiger partial charge in [-0.1, -0.05) is 0 Å². The second-order valence-electron chi connectivity index (χ2n) is 2.58. The number of nitrogens with zero attached hydrogens (tertiary/aromatic N) is 2. The van der Waals surface area contributed by atoms with Crippen molar-refractivity contribution < 1.29 is 15.0 Å². The summed E-state index contributed by atoms with van der Waals surface area (Å²) in [6.45, 7) is 0. The molecule has 66 valence electrons. The van der Waals surface area contributed by atoms with Crippen molar-refractivity contribution >= 4 is 11.5 Å². The van der Waals surface area contributed by atoms with Gasteiger partial charge in [0.1, 0.15) is 12.1 Å². The van der Waals surface area contributed by atoms with E-state index < -0.39 is 5.97 Å². The molecule has 0 unspecified atom stereocenters. The summed E-state index contributed by atoms with van der Waals surface area (Å²) in [5.74, 6) is -1.00. The minimum Gasteiger partial charge on any atom is -0.506 e. The molecule has 0 bridgehead atoms. The van der Waals surface area contributed by atoms with E-state index in [0.29, 0.717) is 5.52 Å². The van der Waals surface area contributed by atoms with Crippen molar-refractivity contribution in [3.8, 4) is 5.75 Å². The molecule has 2 aromatic heterocycles. The van der Waals surface area contributed by atoms with Crippen LogP contribution in [0.4, 0.5) is 0 Å². The predicted octanol–water partition coefficient (Wildman–Crippen LogP) is 0.738. The molecule has 5 nitrogen and oxygen atoms in total. The molecular weight excluding hydrogens is 172 g/mol. The Hall–Kier alpha value is -2.04. The van der Waals surface area contributed by atoms with Gasteiger partial charge in [-0.25, -0.2) is 9.78 Å². The van der Waals surface area contributed by atoms with Crippen LogP contribution >= 0.6 is 0 Å². The van der Waals surface area contributed by atoms with Crippen LogP contribution in [0.2, 0.25) is 0 Å². The van der Waals surface area contributed by atoms with Gasteiger partial charge in [-0.2, -0.15) is 0 Å². The number of aromatic nitrogens is 2. The lowest BCUT2D eigenvalue weighted by molar-refractivity contribution is 0.0693. The number of carboxylic acids is 1. The topological polar surface area (TPSA) is 74.8 Å². The van der Waals surface area contributed by atoms with Gasteiger partial charge in [0.25, 0.3) is 0 Å². The van der Waals surface area contributed by atoms with Gasteiger partial charge < -0.3 is 14.6 Å². The minimum atomic E-state index is -1.08. The van der Waals surface area contributed by atoms with Gasteiger partial charge in [0.05, 0.1) is 11.7 Å². The van der Waals surface area contributed by atoms with Gasteiger partial charge in [0.2, 0.25) is 0 Å². The zero-order chi connectivity index (χ0) is 9.42. The number of aromatic carboxylic acids is 1. The summed E-state index contributed by atoms with van der Waals surface area (Å²) < 4.78 is 1.46. The highest BCUT2D eigenvalue weighted by atomic mass is 16.4. The van der Waals surface area contributed by atoms with E-state index in [1.54, 1.807) is 0 Å². The van der Waals surface area contributed by atoms with Crippen LogP contribution in [-0.4, -0.2) is 25.6 Å². The molecule has 0 amide bonds. The third-order valence-electron chi connectivity index (χ3n) is 1.72. The van der Waals surface area contributed by atoms with Crippen LogP contribution < -0.4 is 0 Å². The van der Waals surface area contributed by atoms with Crippen LogP contribution in [0.1, 0.15) is 10.5 Å². The lowest BCUT2D eigenvalue weighted by Gasteiger charge is -1.94. The standard InChI is InChI=1S/C8H6N2O3/c11-5-1-2-6-7(8(12)13)9-4-10(6)3-5/h1-4,11H,(H,12,13). The maximum absolute atomic E-state index is 10.6. The Kier molecular flexibility index (Phi) is 1.45. The van der Waals surface area contributed by atoms with Crippen molar-refractivity contribution in [2.75, 3.05) is 0 Å². The molecule has 2 rings (SSSR count). The van der Waals surface area contributed by atoms with Crippen LogP contribution in [-0.2, 0) is 0 Å². The van der Waals surface area contributed by atoms with Crippen molar-refractivity contribution in [1.82, 2.24) is 9.38 Å². The molecule has 0 spiro atoms. The van der Waals surface area contributed by atoms with Crippen molar-refractivity contribution in [3.05, 3.63) is 30.4 Å². The third-order valence-corrected chi connectivity index (χ3v) is 1.72. The Morgan fingerprint density at radius 2 is 2.23 bits per heavy atom. The first kappa shape index (κ1) is 7.60. The average Bonchev–Trinajstić information content (AvgIpc) is 2.46. The van der Waals surface area contributed by atoms with Gasteiger partial charge in [0.15, 0.2) is 5.69 Å². The first-order valence-electron chi connectivity index (χ1n) is 3.57. The van der Waals surface area contributed by atoms with E-state index in [4.69, 9.17) is 10.2 Å². The van der Waals surface area contributed by atoms with Crippen LogP contribution in [0.25, 0.3) is 5.52 Å². The van der Waals surface area contributed by atoms with Crippen LogP contribution in [0, 0.1) is 0 Å². The molecule has 5 heteroatoms. The molecule has 0 atom stereocenters. The Bertz CT molecular complexity index is 475. The van der Waals surface area contributed by atoms with Crippen molar-refractivity contribution in [2.45, 2.75) is 0 Å². The maximum atomic E-state index is 10.6. The van der Waals surface area contributed by atoms with Crippen LogP contribution in [0.15, 0.2) is 24.7 Å². The number of aromatic hydroxyl groups is 1. The maximum Gasteiger partial charge on any atom is 0.356 e. The van der Waals surface area contributed by atoms with E-state index in [0.717, 1.165) is 0 Å². The molecule has 0 saturated heterocycles. The molecule has 0 aliphatic carbocycles. The first-order valence-corrected chi connectivity index (χ1v) is 3.57. The summed E-state index contributed by atoms with van der Waals surface area (Å²) in [4.78, 5) is 14.3. The fourth-order valence-electron chi connectivity index (χ4n) is 1.15. The van der Waals surface area contributed by atoms with Crippen molar-refractivity contribution in [3.63, 3.8) is 0 Å². The molecule has 2 heterocycles. The summed E-state index contributed by atoms with van der Waals surface area (Å²) in [5.41, 5.74) is 0.449. The molecule has 13 heavy (non-hydrogen) atoms. The van der Waals surface area contributed by atoms with Crippen LogP contribution in [0.3, 0.4) is 0 Å². The van der Waals surface area contributed by atoms with Gasteiger partial charge in [-0.15, -0.1) is 0 Å². The van der Waals surface area contributed by atoms with E-state index in [1.165, 1.54) is 29.1 Å².